The fourth-order valence-corrected chi connectivity index (χ4v) is 6.20. The highest BCUT2D eigenvalue weighted by Gasteiger charge is 2.31. The van der Waals surface area contributed by atoms with Crippen LogP contribution in [0.1, 0.15) is 73.2 Å². The van der Waals surface area contributed by atoms with E-state index in [1.807, 2.05) is 56.5 Å². The molecule has 3 aromatic rings. The number of nitrogens with zero attached hydrogens (tertiary/aromatic N) is 2. The first-order chi connectivity index (χ1) is 21.8. The predicted octanol–water partition coefficient (Wildman–Crippen LogP) is 8.23. The van der Waals surface area contributed by atoms with Gasteiger partial charge in [-0.25, -0.2) is 4.98 Å². The van der Waals surface area contributed by atoms with Crippen molar-refractivity contribution in [1.82, 2.24) is 15.2 Å². The highest BCUT2D eigenvalue weighted by Crippen LogP contribution is 2.32. The largest absolute Gasteiger partial charge is 0.333 e. The van der Waals surface area contributed by atoms with Crippen LogP contribution < -0.4 is 11.1 Å². The third kappa shape index (κ3) is 11.8. The van der Waals surface area contributed by atoms with E-state index < -0.39 is 0 Å². The molecule has 1 saturated heterocycles. The van der Waals surface area contributed by atoms with Gasteiger partial charge in [0.2, 0.25) is 0 Å². The summed E-state index contributed by atoms with van der Waals surface area (Å²) in [5.41, 5.74) is 12.4. The summed E-state index contributed by atoms with van der Waals surface area (Å²) in [5.74, 6) is 0.898. The molecule has 0 radical (unpaired) electrons. The van der Waals surface area contributed by atoms with Crippen LogP contribution in [-0.4, -0.2) is 48.0 Å². The Kier molecular flexibility index (Phi) is 19.4. The van der Waals surface area contributed by atoms with Crippen molar-refractivity contribution in [3.05, 3.63) is 99.0 Å². The molecule has 2 aliphatic heterocycles. The van der Waals surface area contributed by atoms with Gasteiger partial charge in [-0.05, 0) is 89.2 Å². The summed E-state index contributed by atoms with van der Waals surface area (Å²) in [6.45, 7) is 12.9. The number of nitrogens with one attached hydrogen (secondary N) is 2. The first-order valence-electron chi connectivity index (χ1n) is 15.3. The average molecular weight is 646 g/mol. The SMILES string of the molecule is C#C.C/C=C1/C=C(c2scnc2C)C(=O)N(Cc2ccccc2SC)C1=N.CCC.CN.Cc1ccc(C2CCNCC2)cc1. The molecule has 1 fully saturated rings. The molecule has 0 bridgehead atoms. The number of carbonyl (C=O) groups excluding carboxylic acids is 1. The smallest absolute Gasteiger partial charge is 0.261 e. The molecule has 5 rings (SSSR count). The second-order valence-electron chi connectivity index (χ2n) is 10.3. The number of aromatic nitrogens is 1. The van der Waals surface area contributed by atoms with Crippen molar-refractivity contribution >= 4 is 40.4 Å². The van der Waals surface area contributed by atoms with Gasteiger partial charge in [0.1, 0.15) is 5.84 Å². The number of hydrogen-bond donors (Lipinski definition) is 3. The number of piperidine rings is 1. The number of terminal acetylenes is 1. The first-order valence-corrected chi connectivity index (χ1v) is 17.4. The van der Waals surface area contributed by atoms with Crippen molar-refractivity contribution in [3.8, 4) is 12.8 Å². The summed E-state index contributed by atoms with van der Waals surface area (Å²) in [5, 5.41) is 11.8. The summed E-state index contributed by atoms with van der Waals surface area (Å²) in [6.07, 6.45) is 17.5. The lowest BCUT2D eigenvalue weighted by Crippen LogP contribution is -2.40. The number of carbonyl (C=O) groups is 1. The molecule has 2 aromatic carbocycles. The summed E-state index contributed by atoms with van der Waals surface area (Å²) >= 11 is 3.11. The van der Waals surface area contributed by atoms with E-state index in [-0.39, 0.29) is 11.7 Å². The molecule has 0 unspecified atom stereocenters. The molecule has 242 valence electrons. The van der Waals surface area contributed by atoms with Crippen molar-refractivity contribution in [2.75, 3.05) is 26.4 Å². The lowest BCUT2D eigenvalue weighted by molar-refractivity contribution is -0.122. The number of thiazole rings is 1. The number of aryl methyl sites for hydroxylation is 2. The monoisotopic (exact) mass is 645 g/mol. The maximum Gasteiger partial charge on any atom is 0.261 e. The Morgan fingerprint density at radius 1 is 1.09 bits per heavy atom. The van der Waals surface area contributed by atoms with Crippen LogP contribution in [0.5, 0.6) is 0 Å². The van der Waals surface area contributed by atoms with Gasteiger partial charge in [0.25, 0.3) is 5.91 Å². The Bertz CT molecular complexity index is 1400. The summed E-state index contributed by atoms with van der Waals surface area (Å²) < 4.78 is 0. The van der Waals surface area contributed by atoms with Crippen LogP contribution in [-0.2, 0) is 11.3 Å². The van der Waals surface area contributed by atoms with Crippen molar-refractivity contribution in [2.24, 2.45) is 5.73 Å². The molecule has 4 N–H and O–H groups in total. The van der Waals surface area contributed by atoms with E-state index in [2.05, 4.69) is 73.9 Å². The van der Waals surface area contributed by atoms with Gasteiger partial charge in [0.05, 0.1) is 28.2 Å². The van der Waals surface area contributed by atoms with E-state index in [1.54, 1.807) is 22.2 Å². The van der Waals surface area contributed by atoms with Gasteiger partial charge in [-0.2, -0.15) is 0 Å². The van der Waals surface area contributed by atoms with Gasteiger partial charge < -0.3 is 11.1 Å². The van der Waals surface area contributed by atoms with Crippen molar-refractivity contribution < 1.29 is 4.79 Å². The van der Waals surface area contributed by atoms with Crippen molar-refractivity contribution in [2.45, 2.75) is 71.2 Å². The topological polar surface area (TPSA) is 95.1 Å². The average Bonchev–Trinajstić information content (AvgIpc) is 3.52. The summed E-state index contributed by atoms with van der Waals surface area (Å²) in [4.78, 5) is 20.9. The van der Waals surface area contributed by atoms with Crippen LogP contribution in [0.4, 0.5) is 0 Å². The second kappa shape index (κ2) is 22.1. The molecule has 6 nitrogen and oxygen atoms in total. The zero-order chi connectivity index (χ0) is 33.8. The molecule has 2 aliphatic rings. The second-order valence-corrected chi connectivity index (χ2v) is 12.0. The molecule has 3 heterocycles. The van der Waals surface area contributed by atoms with Crippen LogP contribution in [0.3, 0.4) is 0 Å². The Balaban J connectivity index is 0.000000423. The molecule has 0 saturated carbocycles. The number of nitrogens with two attached hydrogens (primary N) is 1. The number of amidine groups is 1. The Labute approximate surface area is 280 Å². The number of amides is 1. The minimum atomic E-state index is -0.140. The molecule has 1 amide bonds. The Hall–Kier alpha value is -3.48. The zero-order valence-electron chi connectivity index (χ0n) is 28.0. The Morgan fingerprint density at radius 3 is 2.22 bits per heavy atom. The number of benzene rings is 2. The molecular formula is C37H51N5OS2. The molecular weight excluding hydrogens is 595 g/mol. The lowest BCUT2D eigenvalue weighted by atomic mass is 9.90. The number of hydrogen-bond acceptors (Lipinski definition) is 7. The zero-order valence-corrected chi connectivity index (χ0v) is 29.7. The fourth-order valence-electron chi connectivity index (χ4n) is 4.78. The number of thioether (sulfide) groups is 1. The molecule has 1 aromatic heterocycles. The van der Waals surface area contributed by atoms with Gasteiger partial charge >= 0.3 is 0 Å². The lowest BCUT2D eigenvalue weighted by Gasteiger charge is -2.29. The Morgan fingerprint density at radius 2 is 1.69 bits per heavy atom. The highest BCUT2D eigenvalue weighted by molar-refractivity contribution is 7.98. The van der Waals surface area contributed by atoms with E-state index in [9.17, 15) is 4.79 Å². The van der Waals surface area contributed by atoms with Crippen LogP contribution in [0, 0.1) is 32.1 Å². The predicted molar refractivity (Wildman–Crippen MR) is 197 cm³/mol. The maximum absolute atomic E-state index is 13.1. The van der Waals surface area contributed by atoms with Crippen LogP contribution in [0.2, 0.25) is 0 Å². The van der Waals surface area contributed by atoms with Crippen molar-refractivity contribution in [3.63, 3.8) is 0 Å². The molecule has 0 atom stereocenters. The quantitative estimate of drug-likeness (QED) is 0.192. The van der Waals surface area contributed by atoms with Gasteiger partial charge in [0.15, 0.2) is 0 Å². The molecule has 8 heteroatoms. The van der Waals surface area contributed by atoms with E-state index >= 15 is 0 Å². The molecule has 45 heavy (non-hydrogen) atoms. The number of allylic oxidation sites excluding steroid dienone is 1. The minimum Gasteiger partial charge on any atom is -0.333 e. The van der Waals surface area contributed by atoms with E-state index in [0.29, 0.717) is 12.1 Å². The molecule has 0 aliphatic carbocycles. The first kappa shape index (κ1) is 39.5. The molecule has 0 spiro atoms. The van der Waals surface area contributed by atoms with E-state index in [4.69, 9.17) is 5.41 Å². The summed E-state index contributed by atoms with van der Waals surface area (Å²) in [6, 6.07) is 17.0. The third-order valence-corrected chi connectivity index (χ3v) is 8.83. The van der Waals surface area contributed by atoms with Gasteiger partial charge in [-0.3, -0.25) is 15.1 Å². The third-order valence-electron chi connectivity index (χ3n) is 7.03. The van der Waals surface area contributed by atoms with Crippen LogP contribution in [0.25, 0.3) is 5.57 Å². The van der Waals surface area contributed by atoms with Gasteiger partial charge in [0, 0.05) is 10.5 Å². The summed E-state index contributed by atoms with van der Waals surface area (Å²) in [7, 11) is 1.50. The normalized spacial score (nSPS) is 15.2. The highest BCUT2D eigenvalue weighted by atomic mass is 32.2. The fraction of sp³-hybridized carbons (Fsp3) is 0.378. The number of rotatable bonds is 5. The van der Waals surface area contributed by atoms with Gasteiger partial charge in [-0.1, -0.05) is 74.4 Å². The standard InChI is InChI=1S/C19H19N3OS2.C12H17N.C3H8.C2H2.CH5N/c1-4-13-9-15(17-12(2)21-11-25-17)19(23)22(18(13)20)10-14-7-5-6-8-16(14)24-3;1-10-2-4-11(5-3-10)12-6-8-13-9-7-12;1-3-2;2*1-2/h4-9,11,20H,10H2,1-3H3;2-5,12-13H,6-9H2,1H3;3H2,1-2H3;1-2H;2H2,1H3/b13-4-,20-18?;;;;. The van der Waals surface area contributed by atoms with Gasteiger partial charge in [-0.15, -0.1) is 35.9 Å². The maximum atomic E-state index is 13.1. The van der Waals surface area contributed by atoms with Crippen LogP contribution in [0.15, 0.2) is 76.7 Å². The van der Waals surface area contributed by atoms with Crippen molar-refractivity contribution in [1.29, 1.82) is 5.41 Å². The minimum absolute atomic E-state index is 0.140. The van der Waals surface area contributed by atoms with Crippen LogP contribution >= 0.6 is 23.1 Å². The van der Waals surface area contributed by atoms with E-state index in [0.717, 1.165) is 32.5 Å². The van der Waals surface area contributed by atoms with E-state index in [1.165, 1.54) is 61.9 Å².